The minimum Gasteiger partial charge on any atom is -0.478 e. The Morgan fingerprint density at radius 2 is 1.72 bits per heavy atom. The van der Waals surface area contributed by atoms with Crippen molar-refractivity contribution in [3.63, 3.8) is 0 Å². The zero-order valence-electron chi connectivity index (χ0n) is 24.3. The third kappa shape index (κ3) is 12.6. The molecule has 0 aromatic carbocycles. The number of carboxylic acids is 1. The minimum absolute atomic E-state index is 0.135. The predicted molar refractivity (Wildman–Crippen MR) is 154 cm³/mol. The van der Waals surface area contributed by atoms with Crippen molar-refractivity contribution in [1.29, 1.82) is 0 Å². The van der Waals surface area contributed by atoms with E-state index in [1.165, 1.54) is 6.08 Å². The third-order valence-electron chi connectivity index (χ3n) is 6.88. The van der Waals surface area contributed by atoms with Gasteiger partial charge < -0.3 is 20.1 Å². The second-order valence-corrected chi connectivity index (χ2v) is 10.9. The second-order valence-electron chi connectivity index (χ2n) is 10.9. The van der Waals surface area contributed by atoms with Gasteiger partial charge in [0.1, 0.15) is 11.9 Å². The molecule has 1 rings (SSSR count). The van der Waals surface area contributed by atoms with E-state index in [4.69, 9.17) is 9.84 Å². The Morgan fingerprint density at radius 3 is 2.33 bits per heavy atom. The molecule has 0 aliphatic carbocycles. The molecule has 0 spiro atoms. The highest BCUT2D eigenvalue weighted by Crippen LogP contribution is 2.24. The molecule has 0 radical (unpaired) electrons. The summed E-state index contributed by atoms with van der Waals surface area (Å²) < 4.78 is 5.34. The summed E-state index contributed by atoms with van der Waals surface area (Å²) in [6, 6.07) is 0. The smallest absolute Gasteiger partial charge is 0.331 e. The molecule has 7 nitrogen and oxygen atoms in total. The fourth-order valence-corrected chi connectivity index (χ4v) is 4.62. The molecule has 0 saturated heterocycles. The number of hydrogen-bond acceptors (Lipinski definition) is 6. The maximum Gasteiger partial charge on any atom is 0.331 e. The number of rotatable bonds is 15. The van der Waals surface area contributed by atoms with Crippen molar-refractivity contribution in [2.75, 3.05) is 6.61 Å². The Bertz CT molecular complexity index is 1030. The number of aliphatic carboxylic acids is 1. The van der Waals surface area contributed by atoms with Crippen LogP contribution >= 0.6 is 0 Å². The van der Waals surface area contributed by atoms with Crippen LogP contribution in [0, 0.1) is 29.6 Å². The van der Waals surface area contributed by atoms with E-state index < -0.39 is 23.9 Å². The highest BCUT2D eigenvalue weighted by atomic mass is 16.5. The van der Waals surface area contributed by atoms with Gasteiger partial charge in [-0.05, 0) is 51.5 Å². The first kappa shape index (κ1) is 34.0. The summed E-state index contributed by atoms with van der Waals surface area (Å²) in [6.07, 6.45) is 16.0. The molecule has 7 unspecified atom stereocenters. The standard InChI is InChI=1S/C32H46O7/c1-20(15-22(3)11-13-28-24(5)12-14-30(36)39-28)9-8-10-21(2)17-27(19-33)32(38)26(7)31(37)25(6)16-23(4)18-29(34)35/h8,10-15,17-18,20,24-28,31,33,37H,9,16,19H2,1-7H3,(H,34,35). The Morgan fingerprint density at radius 1 is 1.08 bits per heavy atom. The Balaban J connectivity index is 2.71. The fourth-order valence-electron chi connectivity index (χ4n) is 4.62. The van der Waals surface area contributed by atoms with Crippen molar-refractivity contribution in [3.8, 4) is 0 Å². The van der Waals surface area contributed by atoms with Gasteiger partial charge in [-0.1, -0.05) is 80.9 Å². The van der Waals surface area contributed by atoms with Crippen LogP contribution in [0.5, 0.6) is 0 Å². The molecule has 39 heavy (non-hydrogen) atoms. The first-order chi connectivity index (χ1) is 18.2. The lowest BCUT2D eigenvalue weighted by Gasteiger charge is -2.26. The van der Waals surface area contributed by atoms with Crippen LogP contribution in [-0.2, 0) is 19.1 Å². The Labute approximate surface area is 233 Å². The van der Waals surface area contributed by atoms with Crippen molar-refractivity contribution in [1.82, 2.24) is 0 Å². The predicted octanol–water partition coefficient (Wildman–Crippen LogP) is 5.37. The number of Topliss-reactive ketones (excluding diaryl/α,β-unsaturated/α-hetero) is 1. The monoisotopic (exact) mass is 542 g/mol. The number of ketones is 1. The van der Waals surface area contributed by atoms with E-state index in [1.807, 2.05) is 51.2 Å². The van der Waals surface area contributed by atoms with Crippen molar-refractivity contribution < 1.29 is 34.4 Å². The summed E-state index contributed by atoms with van der Waals surface area (Å²) in [5.74, 6) is -2.98. The van der Waals surface area contributed by atoms with Gasteiger partial charge in [0.25, 0.3) is 0 Å². The van der Waals surface area contributed by atoms with Gasteiger partial charge in [-0.2, -0.15) is 0 Å². The number of carbonyl (C=O) groups is 3. The maximum atomic E-state index is 13.0. The summed E-state index contributed by atoms with van der Waals surface area (Å²) in [4.78, 5) is 35.3. The molecule has 1 aliphatic rings. The molecule has 1 aliphatic heterocycles. The second kappa shape index (κ2) is 16.8. The van der Waals surface area contributed by atoms with Crippen LogP contribution in [0.4, 0.5) is 0 Å². The molecule has 0 amide bonds. The molecule has 0 fully saturated rings. The van der Waals surface area contributed by atoms with Crippen molar-refractivity contribution in [2.24, 2.45) is 29.6 Å². The van der Waals surface area contributed by atoms with E-state index in [1.54, 1.807) is 26.8 Å². The Hall–Kier alpha value is -3.03. The number of carbonyl (C=O) groups excluding carboxylic acids is 2. The van der Waals surface area contributed by atoms with Crippen LogP contribution in [0.2, 0.25) is 0 Å². The molecule has 216 valence electrons. The molecule has 0 aromatic rings. The van der Waals surface area contributed by atoms with Crippen molar-refractivity contribution in [3.05, 3.63) is 71.4 Å². The molecular formula is C32H46O7. The van der Waals surface area contributed by atoms with Gasteiger partial charge in [-0.15, -0.1) is 0 Å². The normalized spacial score (nSPS) is 23.0. The highest BCUT2D eigenvalue weighted by Gasteiger charge is 2.30. The number of allylic oxidation sites excluding steroid dienone is 7. The van der Waals surface area contributed by atoms with E-state index >= 15 is 0 Å². The summed E-state index contributed by atoms with van der Waals surface area (Å²) in [5, 5.41) is 29.4. The molecule has 3 N–H and O–H groups in total. The topological polar surface area (TPSA) is 121 Å². The first-order valence-corrected chi connectivity index (χ1v) is 13.6. The van der Waals surface area contributed by atoms with Gasteiger partial charge in [-0.3, -0.25) is 4.79 Å². The van der Waals surface area contributed by atoms with E-state index in [0.717, 1.165) is 23.6 Å². The number of aliphatic hydroxyl groups is 2. The number of esters is 1. The van der Waals surface area contributed by atoms with Gasteiger partial charge in [0.2, 0.25) is 0 Å². The van der Waals surface area contributed by atoms with Crippen LogP contribution in [0.3, 0.4) is 0 Å². The van der Waals surface area contributed by atoms with Gasteiger partial charge >= 0.3 is 11.9 Å². The largest absolute Gasteiger partial charge is 0.478 e. The van der Waals surface area contributed by atoms with E-state index in [0.29, 0.717) is 12.0 Å². The maximum absolute atomic E-state index is 13.0. The van der Waals surface area contributed by atoms with Crippen LogP contribution in [-0.4, -0.2) is 51.9 Å². The summed E-state index contributed by atoms with van der Waals surface area (Å²) >= 11 is 0. The van der Waals surface area contributed by atoms with Gasteiger partial charge in [0.15, 0.2) is 0 Å². The molecule has 1 heterocycles. The number of cyclic esters (lactones) is 1. The molecule has 7 heteroatoms. The number of ether oxygens (including phenoxy) is 1. The van der Waals surface area contributed by atoms with Crippen molar-refractivity contribution in [2.45, 2.75) is 73.5 Å². The zero-order chi connectivity index (χ0) is 29.7. The molecular weight excluding hydrogens is 496 g/mol. The Kier molecular flexibility index (Phi) is 14.7. The summed E-state index contributed by atoms with van der Waals surface area (Å²) in [6.45, 7) is 12.7. The van der Waals surface area contributed by atoms with Gasteiger partial charge in [0, 0.05) is 24.0 Å². The quantitative estimate of drug-likeness (QED) is 0.145. The molecule has 0 bridgehead atoms. The summed E-state index contributed by atoms with van der Waals surface area (Å²) in [5.41, 5.74) is 2.53. The molecule has 0 aromatic heterocycles. The zero-order valence-corrected chi connectivity index (χ0v) is 24.3. The SMILES string of the molecule is CC(C=CC1OC(=O)C=CC1C)=CC(C)CC=CC(C)=CC(CO)C(=O)C(C)C(O)C(C)CC(C)=CC(=O)O. The molecule has 0 saturated carbocycles. The first-order valence-electron chi connectivity index (χ1n) is 13.6. The van der Waals surface area contributed by atoms with E-state index in [-0.39, 0.29) is 42.2 Å². The van der Waals surface area contributed by atoms with Crippen LogP contribution < -0.4 is 0 Å². The third-order valence-corrected chi connectivity index (χ3v) is 6.88. The number of aliphatic hydroxyl groups excluding tert-OH is 2. The van der Waals surface area contributed by atoms with Crippen LogP contribution in [0.1, 0.15) is 61.3 Å². The molecule has 7 atom stereocenters. The number of carboxylic acid groups (broad SMARTS) is 1. The average Bonchev–Trinajstić information content (AvgIpc) is 2.85. The fraction of sp³-hybridized carbons (Fsp3) is 0.531. The van der Waals surface area contributed by atoms with Gasteiger partial charge in [0.05, 0.1) is 18.6 Å². The average molecular weight is 543 g/mol. The van der Waals surface area contributed by atoms with E-state index in [9.17, 15) is 24.6 Å². The van der Waals surface area contributed by atoms with Crippen LogP contribution in [0.15, 0.2) is 71.4 Å². The minimum atomic E-state index is -1.04. The lowest BCUT2D eigenvalue weighted by molar-refractivity contribution is -0.143. The number of hydrogen-bond donors (Lipinski definition) is 3. The van der Waals surface area contributed by atoms with Crippen LogP contribution in [0.25, 0.3) is 0 Å². The summed E-state index contributed by atoms with van der Waals surface area (Å²) in [7, 11) is 0. The van der Waals surface area contributed by atoms with Gasteiger partial charge in [-0.25, -0.2) is 9.59 Å². The van der Waals surface area contributed by atoms with Crippen molar-refractivity contribution >= 4 is 17.7 Å². The lowest BCUT2D eigenvalue weighted by atomic mass is 9.82. The highest BCUT2D eigenvalue weighted by molar-refractivity contribution is 5.85. The lowest BCUT2D eigenvalue weighted by Crippen LogP contribution is -2.35. The van der Waals surface area contributed by atoms with E-state index in [2.05, 4.69) is 13.0 Å².